The number of benzene rings is 1. The summed E-state index contributed by atoms with van der Waals surface area (Å²) >= 11 is 0. The van der Waals surface area contributed by atoms with E-state index in [4.69, 9.17) is 4.52 Å². The van der Waals surface area contributed by atoms with Crippen LogP contribution in [0.2, 0.25) is 0 Å². The van der Waals surface area contributed by atoms with E-state index in [0.29, 0.717) is 17.4 Å². The quantitative estimate of drug-likeness (QED) is 0.866. The first-order valence-corrected chi connectivity index (χ1v) is 7.16. The molecule has 1 unspecified atom stereocenters. The van der Waals surface area contributed by atoms with Crippen molar-refractivity contribution in [3.05, 3.63) is 41.5 Å². The second-order valence-corrected chi connectivity index (χ2v) is 5.49. The summed E-state index contributed by atoms with van der Waals surface area (Å²) in [6.07, 6.45) is 3.68. The molecule has 2 aromatic rings. The van der Waals surface area contributed by atoms with Crippen LogP contribution >= 0.6 is 0 Å². The topological polar surface area (TPSA) is 71.6 Å². The molecule has 2 aliphatic rings. The lowest BCUT2D eigenvalue weighted by atomic mass is 10.1. The zero-order chi connectivity index (χ0) is 15.1. The summed E-state index contributed by atoms with van der Waals surface area (Å²) in [6, 6.07) is 5.72. The van der Waals surface area contributed by atoms with Crippen molar-refractivity contribution in [1.82, 2.24) is 10.1 Å². The van der Waals surface area contributed by atoms with Gasteiger partial charge in [-0.15, -0.1) is 0 Å². The average molecular weight is 300 g/mol. The molecule has 0 radical (unpaired) electrons. The van der Waals surface area contributed by atoms with Crippen LogP contribution in [0.15, 0.2) is 33.8 Å². The van der Waals surface area contributed by atoms with E-state index in [-0.39, 0.29) is 24.1 Å². The molecule has 1 amide bonds. The number of aromatic nitrogens is 2. The lowest BCUT2D eigenvalue weighted by Crippen LogP contribution is -2.32. The minimum atomic E-state index is -0.653. The van der Waals surface area contributed by atoms with E-state index in [1.807, 2.05) is 0 Å². The lowest BCUT2D eigenvalue weighted by molar-refractivity contribution is -0.118. The SMILES string of the molecule is O=C1C(Cc2ccccc2F)N=CN1c1noc(C2CC2)n1. The second kappa shape index (κ2) is 5.01. The molecule has 1 aliphatic carbocycles. The van der Waals surface area contributed by atoms with E-state index < -0.39 is 6.04 Å². The van der Waals surface area contributed by atoms with E-state index >= 15 is 0 Å². The molecular weight excluding hydrogens is 287 g/mol. The smallest absolute Gasteiger partial charge is 0.278 e. The Labute approximate surface area is 125 Å². The Morgan fingerprint density at radius 3 is 2.91 bits per heavy atom. The Morgan fingerprint density at radius 1 is 1.32 bits per heavy atom. The molecule has 1 atom stereocenters. The largest absolute Gasteiger partial charge is 0.337 e. The van der Waals surface area contributed by atoms with Gasteiger partial charge in [-0.3, -0.25) is 9.79 Å². The van der Waals surface area contributed by atoms with Gasteiger partial charge in [-0.25, -0.2) is 9.29 Å². The second-order valence-electron chi connectivity index (χ2n) is 5.49. The third kappa shape index (κ3) is 2.28. The summed E-state index contributed by atoms with van der Waals surface area (Å²) in [4.78, 5) is 22.0. The molecule has 1 saturated carbocycles. The minimum Gasteiger partial charge on any atom is -0.337 e. The third-order valence-electron chi connectivity index (χ3n) is 3.83. The molecule has 1 aromatic carbocycles. The van der Waals surface area contributed by atoms with Crippen LogP contribution in [-0.2, 0) is 11.2 Å². The average Bonchev–Trinajstić information content (AvgIpc) is 3.15. The van der Waals surface area contributed by atoms with Crippen LogP contribution in [-0.4, -0.2) is 28.4 Å². The number of anilines is 1. The molecule has 22 heavy (non-hydrogen) atoms. The Balaban J connectivity index is 1.50. The highest BCUT2D eigenvalue weighted by Crippen LogP contribution is 2.39. The van der Waals surface area contributed by atoms with Crippen molar-refractivity contribution < 1.29 is 13.7 Å². The number of amides is 1. The van der Waals surface area contributed by atoms with Crippen LogP contribution in [0.5, 0.6) is 0 Å². The number of hydrogen-bond acceptors (Lipinski definition) is 5. The summed E-state index contributed by atoms with van der Waals surface area (Å²) in [5, 5.41) is 3.82. The van der Waals surface area contributed by atoms with Gasteiger partial charge in [0.1, 0.15) is 18.2 Å². The predicted molar refractivity (Wildman–Crippen MR) is 76.1 cm³/mol. The van der Waals surface area contributed by atoms with Crippen molar-refractivity contribution in [3.63, 3.8) is 0 Å². The lowest BCUT2D eigenvalue weighted by Gasteiger charge is -2.10. The van der Waals surface area contributed by atoms with Crippen LogP contribution in [0.25, 0.3) is 0 Å². The number of nitrogens with zero attached hydrogens (tertiary/aromatic N) is 4. The van der Waals surface area contributed by atoms with Crippen molar-refractivity contribution in [2.45, 2.75) is 31.2 Å². The molecule has 7 heteroatoms. The van der Waals surface area contributed by atoms with Crippen LogP contribution in [0.3, 0.4) is 0 Å². The van der Waals surface area contributed by atoms with Crippen molar-refractivity contribution in [3.8, 4) is 0 Å². The molecule has 1 aliphatic heterocycles. The van der Waals surface area contributed by atoms with Gasteiger partial charge in [-0.05, 0) is 29.6 Å². The number of carbonyl (C=O) groups is 1. The Kier molecular flexibility index (Phi) is 2.99. The number of carbonyl (C=O) groups excluding carboxylic acids is 1. The Bertz CT molecular complexity index is 754. The number of aliphatic imine (C=N–C) groups is 1. The highest BCUT2D eigenvalue weighted by Gasteiger charge is 2.35. The summed E-state index contributed by atoms with van der Waals surface area (Å²) in [5.74, 6) is 0.483. The van der Waals surface area contributed by atoms with Crippen molar-refractivity contribution in [1.29, 1.82) is 0 Å². The molecule has 0 bridgehead atoms. The maximum absolute atomic E-state index is 13.7. The van der Waals surface area contributed by atoms with Crippen molar-refractivity contribution in [2.75, 3.05) is 4.90 Å². The van der Waals surface area contributed by atoms with Gasteiger partial charge in [0.15, 0.2) is 0 Å². The van der Waals surface area contributed by atoms with Crippen LogP contribution in [0.4, 0.5) is 10.3 Å². The van der Waals surface area contributed by atoms with Gasteiger partial charge in [-0.1, -0.05) is 18.2 Å². The van der Waals surface area contributed by atoms with E-state index in [1.54, 1.807) is 18.2 Å². The molecule has 6 nitrogen and oxygen atoms in total. The van der Waals surface area contributed by atoms with Crippen LogP contribution in [0.1, 0.15) is 30.2 Å². The van der Waals surface area contributed by atoms with E-state index in [9.17, 15) is 9.18 Å². The van der Waals surface area contributed by atoms with Gasteiger partial charge in [0.2, 0.25) is 5.89 Å². The first-order valence-electron chi connectivity index (χ1n) is 7.16. The molecule has 2 heterocycles. The molecule has 112 valence electrons. The first kappa shape index (κ1) is 13.1. The predicted octanol–water partition coefficient (Wildman–Crippen LogP) is 2.07. The zero-order valence-corrected chi connectivity index (χ0v) is 11.6. The van der Waals surface area contributed by atoms with E-state index in [0.717, 1.165) is 12.8 Å². The van der Waals surface area contributed by atoms with Gasteiger partial charge in [0.05, 0.1) is 0 Å². The molecular formula is C15H13FN4O2. The molecule has 1 aromatic heterocycles. The van der Waals surface area contributed by atoms with Gasteiger partial charge in [0.25, 0.3) is 11.9 Å². The summed E-state index contributed by atoms with van der Waals surface area (Å²) in [6.45, 7) is 0. The monoisotopic (exact) mass is 300 g/mol. The normalized spacial score (nSPS) is 20.9. The molecule has 0 N–H and O–H groups in total. The number of rotatable bonds is 4. The molecule has 0 saturated heterocycles. The highest BCUT2D eigenvalue weighted by molar-refractivity contribution is 6.13. The minimum absolute atomic E-state index is 0.201. The third-order valence-corrected chi connectivity index (χ3v) is 3.83. The molecule has 1 fully saturated rings. The van der Waals surface area contributed by atoms with Gasteiger partial charge in [-0.2, -0.15) is 4.98 Å². The molecule has 0 spiro atoms. The maximum atomic E-state index is 13.7. The number of halogens is 1. The van der Waals surface area contributed by atoms with Gasteiger partial charge in [0, 0.05) is 12.3 Å². The van der Waals surface area contributed by atoms with Crippen LogP contribution in [0, 0.1) is 5.82 Å². The summed E-state index contributed by atoms with van der Waals surface area (Å²) in [7, 11) is 0. The summed E-state index contributed by atoms with van der Waals surface area (Å²) < 4.78 is 18.8. The fourth-order valence-electron chi connectivity index (χ4n) is 2.41. The maximum Gasteiger partial charge on any atom is 0.278 e. The van der Waals surface area contributed by atoms with Gasteiger partial charge < -0.3 is 4.52 Å². The van der Waals surface area contributed by atoms with Crippen molar-refractivity contribution >= 4 is 18.2 Å². The van der Waals surface area contributed by atoms with E-state index in [2.05, 4.69) is 15.1 Å². The Morgan fingerprint density at radius 2 is 2.14 bits per heavy atom. The van der Waals surface area contributed by atoms with E-state index in [1.165, 1.54) is 17.3 Å². The van der Waals surface area contributed by atoms with Crippen molar-refractivity contribution in [2.24, 2.45) is 4.99 Å². The standard InChI is InChI=1S/C15H13FN4O2/c16-11-4-2-1-3-10(11)7-12-14(21)20(8-17-12)15-18-13(22-19-15)9-5-6-9/h1-4,8-9,12H,5-7H2. The fourth-order valence-corrected chi connectivity index (χ4v) is 2.41. The first-order chi connectivity index (χ1) is 10.7. The fraction of sp³-hybridized carbons (Fsp3) is 0.333. The Hall–Kier alpha value is -2.57. The number of hydrogen-bond donors (Lipinski definition) is 0. The zero-order valence-electron chi connectivity index (χ0n) is 11.6. The van der Waals surface area contributed by atoms with Crippen LogP contribution < -0.4 is 4.90 Å². The van der Waals surface area contributed by atoms with Gasteiger partial charge >= 0.3 is 0 Å². The highest BCUT2D eigenvalue weighted by atomic mass is 19.1. The summed E-state index contributed by atoms with van der Waals surface area (Å²) in [5.41, 5.74) is 0.464. The molecule has 4 rings (SSSR count).